The van der Waals surface area contributed by atoms with Crippen LogP contribution in [-0.4, -0.2) is 16.7 Å². The number of nitro benzene ring substituents is 1. The number of nitrogens with two attached hydrogens (primary N) is 1. The molecule has 7 nitrogen and oxygen atoms in total. The molecule has 0 aliphatic heterocycles. The predicted molar refractivity (Wildman–Crippen MR) is 114 cm³/mol. The van der Waals surface area contributed by atoms with Crippen molar-refractivity contribution in [1.29, 1.82) is 0 Å². The van der Waals surface area contributed by atoms with Gasteiger partial charge < -0.3 is 11.1 Å². The van der Waals surface area contributed by atoms with E-state index in [4.69, 9.17) is 5.73 Å². The van der Waals surface area contributed by atoms with Gasteiger partial charge in [-0.1, -0.05) is 19.8 Å². The molecule has 0 saturated heterocycles. The standard InChI is InChI=1S/C21H23N3O4S/c1-2-3-14-6-10-16-17(12-14)29-21(19(16)20(22)26)23-18(25)11-7-13-4-8-15(9-5-13)24(27)28/h4-5,7-9,11,14H,2-3,6,10,12H2,1H3,(H2,22,26)(H,23,25). The fourth-order valence-corrected chi connectivity index (χ4v) is 5.06. The van der Waals surface area contributed by atoms with Gasteiger partial charge in [-0.05, 0) is 54.5 Å². The van der Waals surface area contributed by atoms with E-state index in [0.29, 0.717) is 22.0 Å². The molecule has 1 aromatic heterocycles. The average Bonchev–Trinajstić information content (AvgIpc) is 3.04. The van der Waals surface area contributed by atoms with Crippen molar-refractivity contribution >= 4 is 39.9 Å². The van der Waals surface area contributed by atoms with Crippen LogP contribution in [0.25, 0.3) is 6.08 Å². The van der Waals surface area contributed by atoms with Crippen LogP contribution >= 0.6 is 11.3 Å². The highest BCUT2D eigenvalue weighted by Gasteiger charge is 2.28. The highest BCUT2D eigenvalue weighted by Crippen LogP contribution is 2.40. The van der Waals surface area contributed by atoms with E-state index in [1.165, 1.54) is 29.5 Å². The number of rotatable bonds is 7. The summed E-state index contributed by atoms with van der Waals surface area (Å²) in [5, 5.41) is 14.0. The Labute approximate surface area is 172 Å². The molecular formula is C21H23N3O4S. The third kappa shape index (κ3) is 4.89. The summed E-state index contributed by atoms with van der Waals surface area (Å²) in [6.45, 7) is 2.17. The Kier molecular flexibility index (Phi) is 6.43. The van der Waals surface area contributed by atoms with Crippen LogP contribution < -0.4 is 11.1 Å². The molecule has 2 aromatic rings. The van der Waals surface area contributed by atoms with Crippen LogP contribution in [0.1, 0.15) is 52.5 Å². The van der Waals surface area contributed by atoms with E-state index in [1.807, 2.05) is 0 Å². The van der Waals surface area contributed by atoms with E-state index < -0.39 is 10.8 Å². The maximum absolute atomic E-state index is 12.4. The fraction of sp³-hybridized carbons (Fsp3) is 0.333. The first-order chi connectivity index (χ1) is 13.9. The molecule has 1 aliphatic rings. The van der Waals surface area contributed by atoms with E-state index in [2.05, 4.69) is 12.2 Å². The van der Waals surface area contributed by atoms with Gasteiger partial charge >= 0.3 is 0 Å². The van der Waals surface area contributed by atoms with Crippen LogP contribution in [-0.2, 0) is 17.6 Å². The summed E-state index contributed by atoms with van der Waals surface area (Å²) in [6, 6.07) is 5.88. The summed E-state index contributed by atoms with van der Waals surface area (Å²) in [6.07, 6.45) is 7.95. The van der Waals surface area contributed by atoms with Crippen molar-refractivity contribution in [3.8, 4) is 0 Å². The molecule has 1 aromatic carbocycles. The van der Waals surface area contributed by atoms with Crippen molar-refractivity contribution in [1.82, 2.24) is 0 Å². The highest BCUT2D eigenvalue weighted by atomic mass is 32.1. The number of thiophene rings is 1. The minimum Gasteiger partial charge on any atom is -0.365 e. The molecule has 1 aliphatic carbocycles. The zero-order valence-electron chi connectivity index (χ0n) is 16.1. The van der Waals surface area contributed by atoms with E-state index in [-0.39, 0.29) is 11.6 Å². The summed E-state index contributed by atoms with van der Waals surface area (Å²) in [7, 11) is 0. The largest absolute Gasteiger partial charge is 0.365 e. The normalized spacial score (nSPS) is 15.8. The minimum atomic E-state index is -0.522. The van der Waals surface area contributed by atoms with E-state index in [0.717, 1.165) is 42.5 Å². The number of nitro groups is 1. The molecule has 1 heterocycles. The lowest BCUT2D eigenvalue weighted by molar-refractivity contribution is -0.384. The van der Waals surface area contributed by atoms with Crippen LogP contribution in [0.4, 0.5) is 10.7 Å². The molecule has 0 saturated carbocycles. The molecule has 0 bridgehead atoms. The van der Waals surface area contributed by atoms with Crippen LogP contribution in [0.15, 0.2) is 30.3 Å². The first kappa shape index (κ1) is 20.7. The van der Waals surface area contributed by atoms with Gasteiger partial charge in [-0.3, -0.25) is 19.7 Å². The zero-order valence-corrected chi connectivity index (χ0v) is 17.0. The van der Waals surface area contributed by atoms with Gasteiger partial charge in [-0.2, -0.15) is 0 Å². The Morgan fingerprint density at radius 3 is 2.69 bits per heavy atom. The van der Waals surface area contributed by atoms with Crippen molar-refractivity contribution < 1.29 is 14.5 Å². The third-order valence-corrected chi connectivity index (χ3v) is 6.25. The van der Waals surface area contributed by atoms with Crippen molar-refractivity contribution in [2.45, 2.75) is 39.0 Å². The van der Waals surface area contributed by atoms with Gasteiger partial charge in [0.05, 0.1) is 10.5 Å². The van der Waals surface area contributed by atoms with Gasteiger partial charge in [-0.15, -0.1) is 11.3 Å². The molecule has 152 valence electrons. The second-order valence-corrected chi connectivity index (χ2v) is 8.25. The number of carbonyl (C=O) groups excluding carboxylic acids is 2. The molecule has 29 heavy (non-hydrogen) atoms. The lowest BCUT2D eigenvalue weighted by Gasteiger charge is -2.21. The predicted octanol–water partition coefficient (Wildman–Crippen LogP) is 4.31. The zero-order chi connectivity index (χ0) is 21.0. The highest BCUT2D eigenvalue weighted by molar-refractivity contribution is 7.17. The number of carbonyl (C=O) groups is 2. The average molecular weight is 413 g/mol. The van der Waals surface area contributed by atoms with Crippen LogP contribution in [0.2, 0.25) is 0 Å². The van der Waals surface area contributed by atoms with E-state index in [1.54, 1.807) is 18.2 Å². The van der Waals surface area contributed by atoms with Crippen molar-refractivity contribution in [2.24, 2.45) is 11.7 Å². The van der Waals surface area contributed by atoms with Gasteiger partial charge in [0.25, 0.3) is 11.6 Å². The molecule has 1 atom stereocenters. The quantitative estimate of drug-likeness (QED) is 0.400. The van der Waals surface area contributed by atoms with Gasteiger partial charge in [0.2, 0.25) is 5.91 Å². The lowest BCUT2D eigenvalue weighted by atomic mass is 9.84. The molecule has 3 rings (SSSR count). The van der Waals surface area contributed by atoms with Crippen LogP contribution in [0.3, 0.4) is 0 Å². The van der Waals surface area contributed by atoms with Gasteiger partial charge in [0.15, 0.2) is 0 Å². The first-order valence-electron chi connectivity index (χ1n) is 9.56. The molecule has 0 fully saturated rings. The maximum atomic E-state index is 12.4. The molecular weight excluding hydrogens is 390 g/mol. The number of anilines is 1. The number of amides is 2. The van der Waals surface area contributed by atoms with E-state index >= 15 is 0 Å². The van der Waals surface area contributed by atoms with Gasteiger partial charge in [0.1, 0.15) is 5.00 Å². The number of fused-ring (bicyclic) bond motifs is 1. The van der Waals surface area contributed by atoms with Gasteiger partial charge in [-0.25, -0.2) is 0 Å². The molecule has 1 unspecified atom stereocenters. The topological polar surface area (TPSA) is 115 Å². The molecule has 2 amide bonds. The number of primary amides is 1. The summed E-state index contributed by atoms with van der Waals surface area (Å²) in [5.74, 6) is -0.293. The number of nitrogens with one attached hydrogen (secondary N) is 1. The van der Waals surface area contributed by atoms with E-state index in [9.17, 15) is 19.7 Å². The Morgan fingerprint density at radius 2 is 2.07 bits per heavy atom. The number of hydrogen-bond acceptors (Lipinski definition) is 5. The van der Waals surface area contributed by atoms with Crippen molar-refractivity contribution in [2.75, 3.05) is 5.32 Å². The summed E-state index contributed by atoms with van der Waals surface area (Å²) in [5.41, 5.74) is 7.65. The smallest absolute Gasteiger partial charge is 0.269 e. The Morgan fingerprint density at radius 1 is 1.34 bits per heavy atom. The second-order valence-electron chi connectivity index (χ2n) is 7.14. The maximum Gasteiger partial charge on any atom is 0.269 e. The Bertz CT molecular complexity index is 963. The molecule has 8 heteroatoms. The number of non-ortho nitro benzene ring substituents is 1. The Hall–Kier alpha value is -3.00. The fourth-order valence-electron chi connectivity index (χ4n) is 3.69. The summed E-state index contributed by atoms with van der Waals surface area (Å²) >= 11 is 1.43. The number of hydrogen-bond donors (Lipinski definition) is 2. The number of nitrogens with zero attached hydrogens (tertiary/aromatic N) is 1. The van der Waals surface area contributed by atoms with Crippen LogP contribution in [0, 0.1) is 16.0 Å². The second kappa shape index (κ2) is 9.00. The summed E-state index contributed by atoms with van der Waals surface area (Å²) < 4.78 is 0. The molecule has 0 spiro atoms. The van der Waals surface area contributed by atoms with Crippen LogP contribution in [0.5, 0.6) is 0 Å². The molecule has 3 N–H and O–H groups in total. The molecule has 0 radical (unpaired) electrons. The minimum absolute atomic E-state index is 0.0109. The van der Waals surface area contributed by atoms with Crippen molar-refractivity contribution in [3.63, 3.8) is 0 Å². The number of benzene rings is 1. The lowest BCUT2D eigenvalue weighted by Crippen LogP contribution is -2.19. The first-order valence-corrected chi connectivity index (χ1v) is 10.4. The van der Waals surface area contributed by atoms with Gasteiger partial charge in [0, 0.05) is 23.1 Å². The Balaban J connectivity index is 1.74. The monoisotopic (exact) mass is 413 g/mol. The third-order valence-electron chi connectivity index (χ3n) is 5.08. The SMILES string of the molecule is CCCC1CCc2c(sc(NC(=O)C=Cc3ccc([N+](=O)[O-])cc3)c2C(N)=O)C1. The van der Waals surface area contributed by atoms with Crippen molar-refractivity contribution in [3.05, 3.63) is 62.0 Å². The summed E-state index contributed by atoms with van der Waals surface area (Å²) in [4.78, 5) is 35.7.